The molecule has 148 valence electrons. The molecule has 0 fully saturated rings. The lowest BCUT2D eigenvalue weighted by atomic mass is 9.76. The predicted octanol–water partition coefficient (Wildman–Crippen LogP) is 5.30. The summed E-state index contributed by atoms with van der Waals surface area (Å²) in [5, 5.41) is 12.0. The maximum absolute atomic E-state index is 14.7. The van der Waals surface area contributed by atoms with Crippen LogP contribution < -0.4 is 10.6 Å². The van der Waals surface area contributed by atoms with Crippen LogP contribution in [0.4, 0.5) is 10.1 Å². The molecule has 2 heterocycles. The third-order valence-electron chi connectivity index (χ3n) is 5.25. The Hall–Kier alpha value is -2.56. The standard InChI is InChI=1S/C22H20FN3OS2/c1-2-28-22-13(10-11-29-22)19-14(12-24)21(25)26(16-7-4-3-6-15(16)23)17-8-5-9-18(27)20(17)19/h3-4,6-7,10-11,19H,2,5,8-9,25H2,1H3/t19-/m1/s1. The molecule has 7 heteroatoms. The van der Waals surface area contributed by atoms with Gasteiger partial charge in [0.15, 0.2) is 5.78 Å². The number of halogens is 1. The van der Waals surface area contributed by atoms with Crippen molar-refractivity contribution in [3.8, 4) is 6.07 Å². The van der Waals surface area contributed by atoms with Gasteiger partial charge in [0, 0.05) is 17.7 Å². The van der Waals surface area contributed by atoms with Crippen LogP contribution in [0.25, 0.3) is 0 Å². The lowest BCUT2D eigenvalue weighted by Crippen LogP contribution is -2.39. The fraction of sp³-hybridized carbons (Fsp3) is 0.273. The van der Waals surface area contributed by atoms with Gasteiger partial charge in [0.25, 0.3) is 0 Å². The van der Waals surface area contributed by atoms with Crippen molar-refractivity contribution in [3.63, 3.8) is 0 Å². The number of benzene rings is 1. The second-order valence-corrected chi connectivity index (χ2v) is 9.31. The van der Waals surface area contributed by atoms with Gasteiger partial charge in [-0.15, -0.1) is 23.1 Å². The molecule has 0 bridgehead atoms. The molecule has 4 rings (SSSR count). The lowest BCUT2D eigenvalue weighted by Gasteiger charge is -2.39. The lowest BCUT2D eigenvalue weighted by molar-refractivity contribution is -0.116. The second kappa shape index (κ2) is 8.05. The Labute approximate surface area is 177 Å². The maximum atomic E-state index is 14.7. The van der Waals surface area contributed by atoms with Crippen LogP contribution in [0.1, 0.15) is 37.7 Å². The quantitative estimate of drug-likeness (QED) is 0.673. The minimum Gasteiger partial charge on any atom is -0.384 e. The third-order valence-corrected chi connectivity index (χ3v) is 7.40. The summed E-state index contributed by atoms with van der Waals surface area (Å²) >= 11 is 3.30. The van der Waals surface area contributed by atoms with Crippen molar-refractivity contribution in [3.05, 3.63) is 69.8 Å². The molecular formula is C22H20FN3OS2. The summed E-state index contributed by atoms with van der Waals surface area (Å²) in [7, 11) is 0. The van der Waals surface area contributed by atoms with Crippen molar-refractivity contribution >= 4 is 34.6 Å². The number of rotatable bonds is 4. The number of thioether (sulfide) groups is 1. The van der Waals surface area contributed by atoms with E-state index in [2.05, 4.69) is 13.0 Å². The van der Waals surface area contributed by atoms with E-state index in [1.165, 1.54) is 6.07 Å². The minimum absolute atomic E-state index is 0.0106. The van der Waals surface area contributed by atoms with E-state index in [0.29, 0.717) is 36.1 Å². The molecule has 2 aromatic rings. The van der Waals surface area contributed by atoms with Crippen LogP contribution in [-0.4, -0.2) is 11.5 Å². The Morgan fingerprint density at radius 1 is 1.34 bits per heavy atom. The van der Waals surface area contributed by atoms with Crippen LogP contribution in [0.2, 0.25) is 0 Å². The van der Waals surface area contributed by atoms with Crippen molar-refractivity contribution in [2.24, 2.45) is 5.73 Å². The molecule has 0 unspecified atom stereocenters. The summed E-state index contributed by atoms with van der Waals surface area (Å²) in [6, 6.07) is 10.5. The average Bonchev–Trinajstić information content (AvgIpc) is 3.16. The first-order chi connectivity index (χ1) is 14.1. The van der Waals surface area contributed by atoms with Gasteiger partial charge >= 0.3 is 0 Å². The SMILES string of the molecule is CCSc1sccc1[C@@H]1C(C#N)=C(N)N(c2ccccc2F)C2=C1C(=O)CCC2. The summed E-state index contributed by atoms with van der Waals surface area (Å²) < 4.78 is 15.7. The van der Waals surface area contributed by atoms with Crippen molar-refractivity contribution in [1.29, 1.82) is 5.26 Å². The molecule has 1 aromatic carbocycles. The first kappa shape index (κ1) is 19.7. The molecule has 0 radical (unpaired) electrons. The van der Waals surface area contributed by atoms with Gasteiger partial charge in [-0.2, -0.15) is 5.26 Å². The largest absolute Gasteiger partial charge is 0.384 e. The average molecular weight is 426 g/mol. The van der Waals surface area contributed by atoms with E-state index in [1.54, 1.807) is 46.2 Å². The van der Waals surface area contributed by atoms with Crippen LogP contribution in [0, 0.1) is 17.1 Å². The first-order valence-corrected chi connectivity index (χ1v) is 11.4. The van der Waals surface area contributed by atoms with E-state index in [-0.39, 0.29) is 17.3 Å². The molecule has 29 heavy (non-hydrogen) atoms. The molecule has 1 aliphatic carbocycles. The number of nitriles is 1. The number of anilines is 1. The number of carbonyl (C=O) groups excluding carboxylic acids is 1. The Kier molecular flexibility index (Phi) is 5.48. The highest BCUT2D eigenvalue weighted by atomic mass is 32.2. The van der Waals surface area contributed by atoms with Gasteiger partial charge in [-0.1, -0.05) is 19.1 Å². The van der Waals surface area contributed by atoms with Gasteiger partial charge in [-0.3, -0.25) is 9.69 Å². The maximum Gasteiger partial charge on any atom is 0.161 e. The molecule has 0 saturated carbocycles. The molecule has 0 amide bonds. The molecule has 2 aliphatic rings. The van der Waals surface area contributed by atoms with Gasteiger partial charge < -0.3 is 5.73 Å². The van der Waals surface area contributed by atoms with Crippen LogP contribution >= 0.6 is 23.1 Å². The Morgan fingerprint density at radius 3 is 2.86 bits per heavy atom. The third kappa shape index (κ3) is 3.26. The van der Waals surface area contributed by atoms with Crippen LogP contribution in [0.5, 0.6) is 0 Å². The molecule has 2 N–H and O–H groups in total. The normalized spacial score (nSPS) is 19.4. The fourth-order valence-corrected chi connectivity index (χ4v) is 6.14. The Bertz CT molecular complexity index is 1080. The molecule has 0 saturated heterocycles. The number of para-hydroxylation sites is 1. The molecule has 1 aliphatic heterocycles. The number of Topliss-reactive ketones (excluding diaryl/α,β-unsaturated/α-hetero) is 1. The number of allylic oxidation sites excluding steroid dienone is 3. The molecule has 1 atom stereocenters. The van der Waals surface area contributed by atoms with E-state index < -0.39 is 11.7 Å². The monoisotopic (exact) mass is 425 g/mol. The zero-order chi connectivity index (χ0) is 20.5. The van der Waals surface area contributed by atoms with Crippen molar-refractivity contribution in [2.45, 2.75) is 36.3 Å². The zero-order valence-electron chi connectivity index (χ0n) is 15.9. The number of hydrogen-bond acceptors (Lipinski definition) is 6. The van der Waals surface area contributed by atoms with Crippen molar-refractivity contribution in [1.82, 2.24) is 0 Å². The minimum atomic E-state index is -0.494. The van der Waals surface area contributed by atoms with E-state index in [9.17, 15) is 14.4 Å². The number of thiophene rings is 1. The number of carbonyl (C=O) groups is 1. The van der Waals surface area contributed by atoms with E-state index in [0.717, 1.165) is 15.5 Å². The predicted molar refractivity (Wildman–Crippen MR) is 115 cm³/mol. The summed E-state index contributed by atoms with van der Waals surface area (Å²) in [5.41, 5.74) is 9.29. The summed E-state index contributed by atoms with van der Waals surface area (Å²) in [5.74, 6) is 0.175. The number of ketones is 1. The highest BCUT2D eigenvalue weighted by Gasteiger charge is 2.41. The van der Waals surface area contributed by atoms with E-state index in [4.69, 9.17) is 5.73 Å². The van der Waals surface area contributed by atoms with Crippen LogP contribution in [0.15, 0.2) is 62.6 Å². The summed E-state index contributed by atoms with van der Waals surface area (Å²) in [6.45, 7) is 2.07. The highest BCUT2D eigenvalue weighted by molar-refractivity contribution is 8.01. The molecular weight excluding hydrogens is 405 g/mol. The van der Waals surface area contributed by atoms with Gasteiger partial charge in [0.1, 0.15) is 11.6 Å². The van der Waals surface area contributed by atoms with Crippen molar-refractivity contribution < 1.29 is 9.18 Å². The number of nitrogens with zero attached hydrogens (tertiary/aromatic N) is 2. The van der Waals surface area contributed by atoms with E-state index in [1.807, 2.05) is 11.4 Å². The van der Waals surface area contributed by atoms with Gasteiger partial charge in [0.2, 0.25) is 0 Å². The number of nitrogens with two attached hydrogens (primary N) is 1. The molecule has 4 nitrogen and oxygen atoms in total. The Morgan fingerprint density at radius 2 is 2.14 bits per heavy atom. The smallest absolute Gasteiger partial charge is 0.161 e. The number of hydrogen-bond donors (Lipinski definition) is 1. The first-order valence-electron chi connectivity index (χ1n) is 9.49. The molecule has 0 spiro atoms. The Balaban J connectivity index is 1.98. The summed E-state index contributed by atoms with van der Waals surface area (Å²) in [6.07, 6.45) is 1.73. The topological polar surface area (TPSA) is 70.1 Å². The van der Waals surface area contributed by atoms with Crippen molar-refractivity contribution in [2.75, 3.05) is 10.7 Å². The fourth-order valence-electron chi connectivity index (χ4n) is 4.07. The zero-order valence-corrected chi connectivity index (χ0v) is 17.6. The van der Waals surface area contributed by atoms with E-state index >= 15 is 0 Å². The van der Waals surface area contributed by atoms with Crippen LogP contribution in [-0.2, 0) is 4.79 Å². The molecule has 1 aromatic heterocycles. The summed E-state index contributed by atoms with van der Waals surface area (Å²) in [4.78, 5) is 14.7. The van der Waals surface area contributed by atoms with Gasteiger partial charge in [-0.05, 0) is 47.7 Å². The van der Waals surface area contributed by atoms with Gasteiger partial charge in [-0.25, -0.2) is 4.39 Å². The van der Waals surface area contributed by atoms with Crippen LogP contribution in [0.3, 0.4) is 0 Å². The highest BCUT2D eigenvalue weighted by Crippen LogP contribution is 2.49. The second-order valence-electron chi connectivity index (χ2n) is 6.86. The van der Waals surface area contributed by atoms with Gasteiger partial charge in [0.05, 0.1) is 27.5 Å².